The summed E-state index contributed by atoms with van der Waals surface area (Å²) in [6.45, 7) is 2.06. The highest BCUT2D eigenvalue weighted by Crippen LogP contribution is 2.34. The number of hydrogen-bond acceptors (Lipinski definition) is 8. The minimum absolute atomic E-state index is 0.289. The standard InChI is InChI=1S/C21H18N2O5S/c1-3-26-20(24)18-13-8-4-7-11-16(13)27-17(18)12-29-21-23-22-19(28-21)14-9-5-6-10-15(14)25-2/h4-11H,3,12H2,1-2H3. The van der Waals surface area contributed by atoms with E-state index in [1.807, 2.05) is 48.5 Å². The third-order valence-corrected chi connectivity index (χ3v) is 5.04. The fourth-order valence-corrected chi connectivity index (χ4v) is 3.64. The maximum atomic E-state index is 12.5. The average molecular weight is 410 g/mol. The van der Waals surface area contributed by atoms with Gasteiger partial charge in [-0.15, -0.1) is 10.2 Å². The van der Waals surface area contributed by atoms with E-state index in [4.69, 9.17) is 18.3 Å². The van der Waals surface area contributed by atoms with Crippen molar-refractivity contribution in [3.8, 4) is 17.2 Å². The molecule has 4 aromatic rings. The van der Waals surface area contributed by atoms with Gasteiger partial charge >= 0.3 is 5.97 Å². The van der Waals surface area contributed by atoms with Gasteiger partial charge in [0.05, 0.1) is 25.0 Å². The van der Waals surface area contributed by atoms with Gasteiger partial charge in [0.15, 0.2) is 0 Å². The summed E-state index contributed by atoms with van der Waals surface area (Å²) in [5.41, 5.74) is 1.77. The maximum absolute atomic E-state index is 12.5. The van der Waals surface area contributed by atoms with Crippen LogP contribution in [-0.2, 0) is 10.5 Å². The normalized spacial score (nSPS) is 11.0. The number of hydrogen-bond donors (Lipinski definition) is 0. The molecule has 2 aromatic heterocycles. The molecule has 0 spiro atoms. The second-order valence-electron chi connectivity index (χ2n) is 5.98. The lowest BCUT2D eigenvalue weighted by Gasteiger charge is -2.03. The number of esters is 1. The summed E-state index contributed by atoms with van der Waals surface area (Å²) >= 11 is 1.28. The molecule has 2 heterocycles. The van der Waals surface area contributed by atoms with Crippen molar-refractivity contribution in [1.29, 1.82) is 0 Å². The number of carbonyl (C=O) groups is 1. The summed E-state index contributed by atoms with van der Waals surface area (Å²) in [6, 6.07) is 14.8. The van der Waals surface area contributed by atoms with E-state index in [1.54, 1.807) is 14.0 Å². The Bertz CT molecular complexity index is 1150. The number of fused-ring (bicyclic) bond motifs is 1. The first-order valence-corrected chi connectivity index (χ1v) is 9.97. The fourth-order valence-electron chi connectivity index (χ4n) is 2.95. The van der Waals surface area contributed by atoms with Crippen molar-refractivity contribution >= 4 is 28.7 Å². The molecule has 2 aromatic carbocycles. The number of aromatic nitrogens is 2. The molecule has 0 aliphatic rings. The molecule has 0 saturated heterocycles. The Labute approximate surface area is 171 Å². The molecule has 0 aliphatic carbocycles. The van der Waals surface area contributed by atoms with E-state index in [9.17, 15) is 4.79 Å². The molecule has 0 unspecified atom stereocenters. The van der Waals surface area contributed by atoms with Crippen molar-refractivity contribution in [2.45, 2.75) is 17.9 Å². The molecule has 0 saturated carbocycles. The number of para-hydroxylation sites is 2. The molecule has 0 atom stereocenters. The van der Waals surface area contributed by atoms with Gasteiger partial charge in [-0.05, 0) is 25.1 Å². The molecule has 7 nitrogen and oxygen atoms in total. The number of ether oxygens (including phenoxy) is 2. The first-order chi connectivity index (χ1) is 14.2. The van der Waals surface area contributed by atoms with Gasteiger partial charge in [-0.2, -0.15) is 0 Å². The van der Waals surface area contributed by atoms with Crippen molar-refractivity contribution < 1.29 is 23.1 Å². The molecule has 4 rings (SSSR count). The Kier molecular flexibility index (Phi) is 5.53. The molecule has 0 aliphatic heterocycles. The van der Waals surface area contributed by atoms with E-state index < -0.39 is 5.97 Å². The quantitative estimate of drug-likeness (QED) is 0.312. The van der Waals surface area contributed by atoms with Crippen LogP contribution in [0.1, 0.15) is 23.0 Å². The molecular weight excluding hydrogens is 392 g/mol. The fraction of sp³-hybridized carbons (Fsp3) is 0.190. The molecule has 29 heavy (non-hydrogen) atoms. The van der Waals surface area contributed by atoms with Gasteiger partial charge < -0.3 is 18.3 Å². The number of furan rings is 1. The van der Waals surface area contributed by atoms with Gasteiger partial charge in [0.2, 0.25) is 0 Å². The molecule has 0 amide bonds. The Morgan fingerprint density at radius 1 is 1.07 bits per heavy atom. The van der Waals surface area contributed by atoms with Crippen LogP contribution in [0.4, 0.5) is 0 Å². The summed E-state index contributed by atoms with van der Waals surface area (Å²) in [6.07, 6.45) is 0. The monoisotopic (exact) mass is 410 g/mol. The van der Waals surface area contributed by atoms with Crippen molar-refractivity contribution in [2.75, 3.05) is 13.7 Å². The van der Waals surface area contributed by atoms with Gasteiger partial charge in [-0.25, -0.2) is 4.79 Å². The van der Waals surface area contributed by atoms with Crippen LogP contribution >= 0.6 is 11.8 Å². The van der Waals surface area contributed by atoms with Crippen LogP contribution in [-0.4, -0.2) is 29.9 Å². The second kappa shape index (κ2) is 8.40. The highest BCUT2D eigenvalue weighted by molar-refractivity contribution is 7.98. The lowest BCUT2D eigenvalue weighted by Crippen LogP contribution is -2.06. The van der Waals surface area contributed by atoms with Crippen LogP contribution in [0.5, 0.6) is 5.75 Å². The van der Waals surface area contributed by atoms with Crippen molar-refractivity contribution in [2.24, 2.45) is 0 Å². The highest BCUT2D eigenvalue weighted by atomic mass is 32.2. The zero-order chi connectivity index (χ0) is 20.2. The predicted molar refractivity (Wildman–Crippen MR) is 108 cm³/mol. The van der Waals surface area contributed by atoms with E-state index in [2.05, 4.69) is 10.2 Å². The van der Waals surface area contributed by atoms with E-state index in [0.29, 0.717) is 45.1 Å². The molecule has 0 fully saturated rings. The van der Waals surface area contributed by atoms with E-state index in [-0.39, 0.29) is 6.61 Å². The predicted octanol–water partition coefficient (Wildman–Crippen LogP) is 4.96. The largest absolute Gasteiger partial charge is 0.496 e. The number of thioether (sulfide) groups is 1. The van der Waals surface area contributed by atoms with Crippen molar-refractivity contribution in [1.82, 2.24) is 10.2 Å². The van der Waals surface area contributed by atoms with Gasteiger partial charge in [0.1, 0.15) is 22.7 Å². The van der Waals surface area contributed by atoms with Crippen molar-refractivity contribution in [3.05, 3.63) is 59.9 Å². The summed E-state index contributed by atoms with van der Waals surface area (Å²) < 4.78 is 22.2. The van der Waals surface area contributed by atoms with Crippen LogP contribution in [0, 0.1) is 0 Å². The number of carbonyl (C=O) groups excluding carboxylic acids is 1. The second-order valence-corrected chi connectivity index (χ2v) is 6.91. The highest BCUT2D eigenvalue weighted by Gasteiger charge is 2.23. The molecule has 8 heteroatoms. The minimum atomic E-state index is -0.409. The zero-order valence-electron chi connectivity index (χ0n) is 15.9. The van der Waals surface area contributed by atoms with Crippen LogP contribution in [0.2, 0.25) is 0 Å². The molecule has 0 radical (unpaired) electrons. The summed E-state index contributed by atoms with van der Waals surface area (Å²) in [5.74, 6) is 1.45. The van der Waals surface area contributed by atoms with Crippen LogP contribution in [0.15, 0.2) is 62.6 Å². The topological polar surface area (TPSA) is 87.6 Å². The SMILES string of the molecule is CCOC(=O)c1c(CSc2nnc(-c3ccccc3OC)o2)oc2ccccc12. The first-order valence-electron chi connectivity index (χ1n) is 8.98. The van der Waals surface area contributed by atoms with Gasteiger partial charge in [0, 0.05) is 5.39 Å². The number of benzene rings is 2. The number of methoxy groups -OCH3 is 1. The van der Waals surface area contributed by atoms with Gasteiger partial charge in [-0.3, -0.25) is 0 Å². The summed E-state index contributed by atoms with van der Waals surface area (Å²) in [7, 11) is 1.59. The van der Waals surface area contributed by atoms with Crippen LogP contribution in [0.25, 0.3) is 22.4 Å². The zero-order valence-corrected chi connectivity index (χ0v) is 16.7. The van der Waals surface area contributed by atoms with Crippen LogP contribution in [0.3, 0.4) is 0 Å². The third-order valence-electron chi connectivity index (χ3n) is 4.22. The average Bonchev–Trinajstić information content (AvgIpc) is 3.36. The van der Waals surface area contributed by atoms with E-state index in [0.717, 1.165) is 5.39 Å². The van der Waals surface area contributed by atoms with Gasteiger partial charge in [-0.1, -0.05) is 42.1 Å². The van der Waals surface area contributed by atoms with Crippen molar-refractivity contribution in [3.63, 3.8) is 0 Å². The lowest BCUT2D eigenvalue weighted by atomic mass is 10.1. The smallest absolute Gasteiger partial charge is 0.342 e. The molecule has 0 bridgehead atoms. The van der Waals surface area contributed by atoms with Crippen LogP contribution < -0.4 is 4.74 Å². The number of nitrogens with zero attached hydrogens (tertiary/aromatic N) is 2. The minimum Gasteiger partial charge on any atom is -0.496 e. The molecule has 148 valence electrons. The summed E-state index contributed by atoms with van der Waals surface area (Å²) in [4.78, 5) is 12.5. The number of rotatable bonds is 7. The van der Waals surface area contributed by atoms with E-state index in [1.165, 1.54) is 11.8 Å². The lowest BCUT2D eigenvalue weighted by molar-refractivity contribution is 0.0526. The first kappa shape index (κ1) is 19.1. The Hall–Kier alpha value is -3.26. The summed E-state index contributed by atoms with van der Waals surface area (Å²) in [5, 5.41) is 9.26. The third kappa shape index (κ3) is 3.84. The molecular formula is C21H18N2O5S. The Morgan fingerprint density at radius 3 is 2.69 bits per heavy atom. The Balaban J connectivity index is 1.58. The van der Waals surface area contributed by atoms with Gasteiger partial charge in [0.25, 0.3) is 11.1 Å². The molecule has 0 N–H and O–H groups in total. The Morgan fingerprint density at radius 2 is 1.86 bits per heavy atom. The maximum Gasteiger partial charge on any atom is 0.342 e. The van der Waals surface area contributed by atoms with E-state index >= 15 is 0 Å².